The molecule has 7 nitrogen and oxygen atoms in total. The maximum atomic E-state index is 13.4. The van der Waals surface area contributed by atoms with Crippen LogP contribution in [-0.2, 0) is 0 Å². The van der Waals surface area contributed by atoms with Gasteiger partial charge in [0, 0.05) is 30.0 Å². The van der Waals surface area contributed by atoms with Crippen molar-refractivity contribution in [3.8, 4) is 16.9 Å². The number of nitrogens with zero attached hydrogens (tertiary/aromatic N) is 2. The lowest BCUT2D eigenvalue weighted by Gasteiger charge is -2.32. The number of thiazole rings is 1. The number of aromatic nitrogens is 1. The maximum absolute atomic E-state index is 13.4. The molecule has 35 heavy (non-hydrogen) atoms. The first-order chi connectivity index (χ1) is 16.6. The summed E-state index contributed by atoms with van der Waals surface area (Å²) in [5.41, 5.74) is 2.58. The molecule has 1 saturated heterocycles. The molecule has 184 valence electrons. The van der Waals surface area contributed by atoms with Gasteiger partial charge in [-0.1, -0.05) is 24.3 Å². The Morgan fingerprint density at radius 1 is 1.14 bits per heavy atom. The second-order valence-electron chi connectivity index (χ2n) is 8.12. The number of rotatable bonds is 5. The van der Waals surface area contributed by atoms with Gasteiger partial charge < -0.3 is 24.9 Å². The lowest BCUT2D eigenvalue weighted by molar-refractivity contribution is -0.274. The van der Waals surface area contributed by atoms with Crippen molar-refractivity contribution in [1.82, 2.24) is 9.88 Å². The van der Waals surface area contributed by atoms with E-state index in [0.717, 1.165) is 10.6 Å². The minimum absolute atomic E-state index is 0.111. The van der Waals surface area contributed by atoms with E-state index >= 15 is 0 Å². The fourth-order valence-corrected chi connectivity index (χ4v) is 5.11. The number of likely N-dealkylation sites (tertiary alicyclic amines) is 1. The van der Waals surface area contributed by atoms with Crippen molar-refractivity contribution in [3.63, 3.8) is 0 Å². The van der Waals surface area contributed by atoms with E-state index in [1.54, 1.807) is 22.4 Å². The van der Waals surface area contributed by atoms with Gasteiger partial charge in [0.1, 0.15) is 17.7 Å². The van der Waals surface area contributed by atoms with Crippen LogP contribution in [0, 0.1) is 6.92 Å². The number of anilines is 1. The summed E-state index contributed by atoms with van der Waals surface area (Å²) in [5, 5.41) is 15.2. The number of amides is 2. The van der Waals surface area contributed by atoms with Crippen molar-refractivity contribution in [2.45, 2.75) is 32.0 Å². The number of hydrogen-bond acceptors (Lipinski definition) is 6. The third-order valence-electron chi connectivity index (χ3n) is 5.76. The first kappa shape index (κ1) is 24.5. The predicted octanol–water partition coefficient (Wildman–Crippen LogP) is 4.79. The minimum atomic E-state index is -4.78. The van der Waals surface area contributed by atoms with E-state index < -0.39 is 12.5 Å². The van der Waals surface area contributed by atoms with E-state index in [0.29, 0.717) is 42.6 Å². The van der Waals surface area contributed by atoms with Crippen LogP contribution in [0.5, 0.6) is 5.75 Å². The number of carboxylic acid groups (broad SMARTS) is 1. The van der Waals surface area contributed by atoms with E-state index in [-0.39, 0.29) is 23.4 Å². The molecule has 1 aromatic heterocycles. The molecule has 2 heterocycles. The SMILES string of the molecule is Cc1cccc(C(=O)N2CCC(c3nc(NC(=O)[O-])cs3)CC2)c1-c1ccc(OC(F)(F)F)cc1. The summed E-state index contributed by atoms with van der Waals surface area (Å²) in [6, 6.07) is 10.8. The molecule has 1 fully saturated rings. The summed E-state index contributed by atoms with van der Waals surface area (Å²) < 4.78 is 41.4. The molecule has 0 atom stereocenters. The Balaban J connectivity index is 1.48. The first-order valence-corrected chi connectivity index (χ1v) is 11.7. The molecule has 0 spiro atoms. The zero-order valence-electron chi connectivity index (χ0n) is 18.6. The quantitative estimate of drug-likeness (QED) is 0.539. The lowest BCUT2D eigenvalue weighted by atomic mass is 9.92. The highest BCUT2D eigenvalue weighted by Crippen LogP contribution is 2.34. The molecule has 4 rings (SSSR count). The average Bonchev–Trinajstić information content (AvgIpc) is 3.26. The number of benzene rings is 2. The van der Waals surface area contributed by atoms with Crippen molar-refractivity contribution in [1.29, 1.82) is 0 Å². The summed E-state index contributed by atoms with van der Waals surface area (Å²) in [6.45, 7) is 2.84. The average molecular weight is 505 g/mol. The van der Waals surface area contributed by atoms with Gasteiger partial charge in [0.05, 0.1) is 5.01 Å². The molecule has 2 amide bonds. The molecule has 0 bridgehead atoms. The van der Waals surface area contributed by atoms with Gasteiger partial charge >= 0.3 is 6.36 Å². The summed E-state index contributed by atoms with van der Waals surface area (Å²) in [6.07, 6.45) is -4.84. The molecular weight excluding hydrogens is 483 g/mol. The molecule has 0 radical (unpaired) electrons. The van der Waals surface area contributed by atoms with Crippen molar-refractivity contribution < 1.29 is 32.6 Å². The van der Waals surface area contributed by atoms with Crippen LogP contribution in [0.4, 0.5) is 23.8 Å². The second-order valence-corrected chi connectivity index (χ2v) is 9.01. The number of ether oxygens (including phenoxy) is 1. The number of hydrogen-bond donors (Lipinski definition) is 1. The third kappa shape index (κ3) is 5.91. The molecule has 3 aromatic rings. The van der Waals surface area contributed by atoms with Crippen LogP contribution in [0.3, 0.4) is 0 Å². The number of alkyl halides is 3. The lowest BCUT2D eigenvalue weighted by Crippen LogP contribution is -2.38. The summed E-state index contributed by atoms with van der Waals surface area (Å²) in [7, 11) is 0. The molecular formula is C24H21F3N3O4S-. The van der Waals surface area contributed by atoms with E-state index in [9.17, 15) is 27.9 Å². The molecule has 0 unspecified atom stereocenters. The van der Waals surface area contributed by atoms with Crippen LogP contribution >= 0.6 is 11.3 Å². The van der Waals surface area contributed by atoms with Gasteiger partial charge in [-0.25, -0.2) is 4.98 Å². The van der Waals surface area contributed by atoms with Gasteiger partial charge in [-0.2, -0.15) is 0 Å². The van der Waals surface area contributed by atoms with Gasteiger partial charge in [-0.3, -0.25) is 4.79 Å². The van der Waals surface area contributed by atoms with Crippen LogP contribution < -0.4 is 15.2 Å². The molecule has 1 aliphatic heterocycles. The zero-order chi connectivity index (χ0) is 25.2. The normalized spacial score (nSPS) is 14.6. The van der Waals surface area contributed by atoms with E-state index in [1.807, 2.05) is 13.0 Å². The summed E-state index contributed by atoms with van der Waals surface area (Å²) in [4.78, 5) is 30.2. The van der Waals surface area contributed by atoms with Crippen LogP contribution in [-0.4, -0.2) is 41.3 Å². The number of piperidine rings is 1. The number of halogens is 3. The Kier molecular flexibility index (Phi) is 6.97. The monoisotopic (exact) mass is 504 g/mol. The molecule has 11 heteroatoms. The standard InChI is InChI=1S/C24H22F3N3O4S/c1-14-3-2-4-18(20(14)15-5-7-17(8-6-15)34-24(25,26)27)22(31)30-11-9-16(10-12-30)21-28-19(13-35-21)29-23(32)33/h2-8,13,16,29H,9-12H2,1H3,(H,32,33)/p-1. The summed E-state index contributed by atoms with van der Waals surface area (Å²) in [5.74, 6) is -0.139. The molecule has 0 saturated carbocycles. The van der Waals surface area contributed by atoms with Crippen molar-refractivity contribution in [2.24, 2.45) is 0 Å². The predicted molar refractivity (Wildman–Crippen MR) is 122 cm³/mol. The molecule has 0 aliphatic carbocycles. The minimum Gasteiger partial charge on any atom is -0.530 e. The Bertz CT molecular complexity index is 1220. The highest BCUT2D eigenvalue weighted by atomic mass is 32.1. The Labute approximate surface area is 203 Å². The highest BCUT2D eigenvalue weighted by Gasteiger charge is 2.31. The number of carbonyl (C=O) groups is 2. The van der Waals surface area contributed by atoms with Crippen molar-refractivity contribution >= 4 is 29.2 Å². The van der Waals surface area contributed by atoms with Crippen molar-refractivity contribution in [2.75, 3.05) is 18.4 Å². The molecule has 1 N–H and O–H groups in total. The Hall–Kier alpha value is -3.60. The smallest absolute Gasteiger partial charge is 0.530 e. The van der Waals surface area contributed by atoms with Crippen molar-refractivity contribution in [3.05, 3.63) is 64.0 Å². The van der Waals surface area contributed by atoms with Crippen LogP contribution in [0.2, 0.25) is 0 Å². The number of aryl methyl sites for hydroxylation is 1. The molecule has 2 aromatic carbocycles. The highest BCUT2D eigenvalue weighted by molar-refractivity contribution is 7.10. The van der Waals surface area contributed by atoms with Gasteiger partial charge in [0.2, 0.25) is 0 Å². The topological polar surface area (TPSA) is 94.6 Å². The summed E-state index contributed by atoms with van der Waals surface area (Å²) >= 11 is 1.36. The van der Waals surface area contributed by atoms with Gasteiger partial charge in [0.25, 0.3) is 5.91 Å². The van der Waals surface area contributed by atoms with Gasteiger partial charge in [-0.05, 0) is 54.7 Å². The van der Waals surface area contributed by atoms with Gasteiger partial charge in [-0.15, -0.1) is 24.5 Å². The Morgan fingerprint density at radius 3 is 2.46 bits per heavy atom. The van der Waals surface area contributed by atoms with E-state index in [1.165, 1.54) is 35.6 Å². The molecule has 1 aliphatic rings. The third-order valence-corrected chi connectivity index (χ3v) is 6.77. The Morgan fingerprint density at radius 2 is 1.83 bits per heavy atom. The van der Waals surface area contributed by atoms with E-state index in [2.05, 4.69) is 15.0 Å². The van der Waals surface area contributed by atoms with Crippen LogP contribution in [0.1, 0.15) is 39.7 Å². The number of nitrogens with one attached hydrogen (secondary N) is 1. The zero-order valence-corrected chi connectivity index (χ0v) is 19.4. The first-order valence-electron chi connectivity index (χ1n) is 10.8. The fourth-order valence-electron chi connectivity index (χ4n) is 4.19. The van der Waals surface area contributed by atoms with Crippen LogP contribution in [0.25, 0.3) is 11.1 Å². The number of carbonyl (C=O) groups excluding carboxylic acids is 2. The maximum Gasteiger partial charge on any atom is 0.573 e. The fraction of sp³-hybridized carbons (Fsp3) is 0.292. The second kappa shape index (κ2) is 9.95. The van der Waals surface area contributed by atoms with Crippen LogP contribution in [0.15, 0.2) is 47.8 Å². The largest absolute Gasteiger partial charge is 0.573 e. The van der Waals surface area contributed by atoms with E-state index in [4.69, 9.17) is 0 Å². The van der Waals surface area contributed by atoms with Gasteiger partial charge in [0.15, 0.2) is 0 Å².